The molecule has 1 atom stereocenters. The Hall–Kier alpha value is -1.92. The number of hydrogen-bond donors (Lipinski definition) is 3. The highest BCUT2D eigenvalue weighted by atomic mass is 16.2. The van der Waals surface area contributed by atoms with Crippen molar-refractivity contribution in [2.24, 2.45) is 23.0 Å². The van der Waals surface area contributed by atoms with Gasteiger partial charge in [-0.05, 0) is 25.7 Å². The molecule has 25 heavy (non-hydrogen) atoms. The molecule has 3 amide bonds. The number of ketones is 2. The van der Waals surface area contributed by atoms with Crippen LogP contribution in [0.15, 0.2) is 0 Å². The molecule has 0 radical (unpaired) electrons. The fourth-order valence-electron chi connectivity index (χ4n) is 3.17. The minimum Gasteiger partial charge on any atom is -0.352 e. The van der Waals surface area contributed by atoms with Gasteiger partial charge in [-0.25, -0.2) is 4.79 Å². The maximum absolute atomic E-state index is 12.8. The number of Topliss-reactive ketones (excluding diaryl/α,β-unsaturated/α-hetero) is 2. The first-order chi connectivity index (χ1) is 11.6. The van der Waals surface area contributed by atoms with E-state index >= 15 is 0 Å². The zero-order valence-electron chi connectivity index (χ0n) is 15.7. The molecule has 1 unspecified atom stereocenters. The molecule has 0 bridgehead atoms. The molecule has 1 fully saturated rings. The molecule has 0 spiro atoms. The lowest BCUT2D eigenvalue weighted by molar-refractivity contribution is -0.151. The fraction of sp³-hybridized carbons (Fsp3) is 0.778. The summed E-state index contributed by atoms with van der Waals surface area (Å²) in [6.45, 7) is 7.48. The van der Waals surface area contributed by atoms with Gasteiger partial charge in [-0.3, -0.25) is 14.4 Å². The Morgan fingerprint density at radius 3 is 2.04 bits per heavy atom. The fourth-order valence-corrected chi connectivity index (χ4v) is 3.17. The first-order valence-electron chi connectivity index (χ1n) is 9.04. The molecule has 0 aliphatic heterocycles. The lowest BCUT2D eigenvalue weighted by Gasteiger charge is -2.40. The number of carbonyl (C=O) groups excluding carboxylic acids is 4. The van der Waals surface area contributed by atoms with Crippen LogP contribution in [0.2, 0.25) is 0 Å². The van der Waals surface area contributed by atoms with Crippen LogP contribution in [0, 0.1) is 17.3 Å². The zero-order chi connectivity index (χ0) is 19.2. The molecule has 142 valence electrons. The first kappa shape index (κ1) is 21.1. The third-order valence-corrected chi connectivity index (χ3v) is 4.82. The van der Waals surface area contributed by atoms with Gasteiger partial charge >= 0.3 is 6.03 Å². The number of nitrogens with two attached hydrogens (primary N) is 1. The van der Waals surface area contributed by atoms with E-state index in [0.717, 1.165) is 6.42 Å². The van der Waals surface area contributed by atoms with Gasteiger partial charge in [0.1, 0.15) is 5.41 Å². The number of nitrogens with one attached hydrogen (secondary N) is 2. The first-order valence-corrected chi connectivity index (χ1v) is 9.04. The van der Waals surface area contributed by atoms with E-state index in [9.17, 15) is 19.2 Å². The largest absolute Gasteiger partial charge is 0.352 e. The second-order valence-corrected chi connectivity index (χ2v) is 7.47. The Morgan fingerprint density at radius 1 is 1.04 bits per heavy atom. The van der Waals surface area contributed by atoms with Crippen molar-refractivity contribution < 1.29 is 19.2 Å². The molecule has 4 N–H and O–H groups in total. The van der Waals surface area contributed by atoms with E-state index < -0.39 is 17.5 Å². The molecule has 0 heterocycles. The molecule has 7 heteroatoms. The minimum atomic E-state index is -0.977. The van der Waals surface area contributed by atoms with Gasteiger partial charge < -0.3 is 16.4 Å². The van der Waals surface area contributed by atoms with Crippen molar-refractivity contribution >= 4 is 23.5 Å². The maximum atomic E-state index is 12.8. The van der Waals surface area contributed by atoms with E-state index in [2.05, 4.69) is 10.6 Å². The summed E-state index contributed by atoms with van der Waals surface area (Å²) in [5.74, 6) is -0.904. The summed E-state index contributed by atoms with van der Waals surface area (Å²) in [6, 6.07) is -1.27. The molecule has 1 saturated carbocycles. The van der Waals surface area contributed by atoms with Crippen molar-refractivity contribution in [3.63, 3.8) is 0 Å². The maximum Gasteiger partial charge on any atom is 0.312 e. The summed E-state index contributed by atoms with van der Waals surface area (Å²) in [5.41, 5.74) is 4.04. The predicted octanol–water partition coefficient (Wildman–Crippen LogP) is 1.54. The smallest absolute Gasteiger partial charge is 0.312 e. The monoisotopic (exact) mass is 353 g/mol. The number of rotatable bonds is 10. The molecule has 0 aromatic carbocycles. The number of hydrogen-bond acceptors (Lipinski definition) is 4. The van der Waals surface area contributed by atoms with Crippen LogP contribution in [0.1, 0.15) is 59.8 Å². The average molecular weight is 353 g/mol. The standard InChI is InChI=1S/C18H31N3O4/c1-11(2)14(22)13(7-5-10-20-17(19)25)21-16(24)18(8-6-9-18)15(23)12(3)4/h11-13H,5-10H2,1-4H3,(H,21,24)(H3,19,20,25). The van der Waals surface area contributed by atoms with Crippen molar-refractivity contribution in [2.75, 3.05) is 6.54 Å². The molecular weight excluding hydrogens is 322 g/mol. The van der Waals surface area contributed by atoms with Crippen LogP contribution in [0.4, 0.5) is 4.79 Å². The Kier molecular flexibility index (Phi) is 7.58. The van der Waals surface area contributed by atoms with Gasteiger partial charge in [0, 0.05) is 18.4 Å². The lowest BCUT2D eigenvalue weighted by Crippen LogP contribution is -2.56. The molecule has 1 aliphatic carbocycles. The normalized spacial score (nSPS) is 16.9. The van der Waals surface area contributed by atoms with E-state index in [1.807, 2.05) is 0 Å². The summed E-state index contributed by atoms with van der Waals surface area (Å²) in [7, 11) is 0. The van der Waals surface area contributed by atoms with Gasteiger partial charge in [-0.1, -0.05) is 34.1 Å². The molecule has 1 rings (SSSR count). The summed E-state index contributed by atoms with van der Waals surface area (Å²) in [4.78, 5) is 48.4. The second-order valence-electron chi connectivity index (χ2n) is 7.47. The van der Waals surface area contributed by atoms with Crippen LogP contribution < -0.4 is 16.4 Å². The molecule has 1 aliphatic rings. The highest BCUT2D eigenvalue weighted by molar-refractivity contribution is 6.08. The topological polar surface area (TPSA) is 118 Å². The van der Waals surface area contributed by atoms with Crippen molar-refractivity contribution in [2.45, 2.75) is 65.8 Å². The Morgan fingerprint density at radius 2 is 1.64 bits per heavy atom. The van der Waals surface area contributed by atoms with Crippen LogP contribution in [0.3, 0.4) is 0 Å². The van der Waals surface area contributed by atoms with Crippen LogP contribution >= 0.6 is 0 Å². The van der Waals surface area contributed by atoms with Gasteiger partial charge in [0.15, 0.2) is 11.6 Å². The summed E-state index contributed by atoms with van der Waals surface area (Å²) < 4.78 is 0. The van der Waals surface area contributed by atoms with E-state index in [0.29, 0.717) is 32.2 Å². The summed E-state index contributed by atoms with van der Waals surface area (Å²) in [6.07, 6.45) is 2.84. The highest BCUT2D eigenvalue weighted by Crippen LogP contribution is 2.44. The van der Waals surface area contributed by atoms with Crippen LogP contribution in [0.25, 0.3) is 0 Å². The van der Waals surface area contributed by atoms with E-state index in [4.69, 9.17) is 5.73 Å². The second kappa shape index (κ2) is 8.97. The van der Waals surface area contributed by atoms with Gasteiger partial charge in [-0.2, -0.15) is 0 Å². The van der Waals surface area contributed by atoms with Gasteiger partial charge in [-0.15, -0.1) is 0 Å². The summed E-state index contributed by atoms with van der Waals surface area (Å²) >= 11 is 0. The third-order valence-electron chi connectivity index (χ3n) is 4.82. The van der Waals surface area contributed by atoms with Gasteiger partial charge in [0.05, 0.1) is 6.04 Å². The van der Waals surface area contributed by atoms with Crippen molar-refractivity contribution in [1.29, 1.82) is 0 Å². The van der Waals surface area contributed by atoms with Crippen molar-refractivity contribution in [1.82, 2.24) is 10.6 Å². The van der Waals surface area contributed by atoms with Crippen LogP contribution in [0.5, 0.6) is 0 Å². The zero-order valence-corrected chi connectivity index (χ0v) is 15.7. The average Bonchev–Trinajstić information content (AvgIpc) is 2.47. The van der Waals surface area contributed by atoms with Gasteiger partial charge in [0.2, 0.25) is 5.91 Å². The quantitative estimate of drug-likeness (QED) is 0.408. The molecule has 7 nitrogen and oxygen atoms in total. The Labute approximate surface area is 149 Å². The van der Waals surface area contributed by atoms with Crippen molar-refractivity contribution in [3.8, 4) is 0 Å². The van der Waals surface area contributed by atoms with Crippen LogP contribution in [-0.4, -0.2) is 36.1 Å². The summed E-state index contributed by atoms with van der Waals surface area (Å²) in [5, 5.41) is 5.28. The third kappa shape index (κ3) is 5.28. The molecule has 0 saturated heterocycles. The Bertz CT molecular complexity index is 524. The lowest BCUT2D eigenvalue weighted by atomic mass is 9.63. The molecule has 0 aromatic rings. The number of primary amides is 1. The highest BCUT2D eigenvalue weighted by Gasteiger charge is 2.51. The van der Waals surface area contributed by atoms with Crippen LogP contribution in [-0.2, 0) is 14.4 Å². The number of urea groups is 1. The minimum absolute atomic E-state index is 0.0533. The SMILES string of the molecule is CC(C)C(=O)C(CCCNC(N)=O)NC(=O)C1(C(=O)C(C)C)CCC1. The van der Waals surface area contributed by atoms with E-state index in [1.54, 1.807) is 27.7 Å². The van der Waals surface area contributed by atoms with E-state index in [-0.39, 0.29) is 29.3 Å². The molecule has 0 aromatic heterocycles. The van der Waals surface area contributed by atoms with Gasteiger partial charge in [0.25, 0.3) is 0 Å². The predicted molar refractivity (Wildman–Crippen MR) is 94.7 cm³/mol. The van der Waals surface area contributed by atoms with E-state index in [1.165, 1.54) is 0 Å². The number of carbonyl (C=O) groups is 4. The molecular formula is C18H31N3O4. The van der Waals surface area contributed by atoms with Crippen molar-refractivity contribution in [3.05, 3.63) is 0 Å². The Balaban J connectivity index is 2.78. The number of amides is 3.